The number of carbonyl (C=O) groups is 2. The first-order valence-electron chi connectivity index (χ1n) is 5.83. The number of carboxylic acids is 1. The number of aryl methyl sites for hydroxylation is 1. The largest absolute Gasteiger partial charge is 0.481 e. The van der Waals surface area contributed by atoms with Crippen LogP contribution in [0.2, 0.25) is 0 Å². The molecule has 0 saturated heterocycles. The Kier molecular flexibility index (Phi) is 4.90. The van der Waals surface area contributed by atoms with Gasteiger partial charge in [0.25, 0.3) is 5.91 Å². The minimum Gasteiger partial charge on any atom is -0.481 e. The zero-order valence-corrected chi connectivity index (χ0v) is 12.0. The number of nitrogens with two attached hydrogens (primary N) is 1. The lowest BCUT2D eigenvalue weighted by atomic mass is 10.2. The third-order valence-corrected chi connectivity index (χ3v) is 4.25. The fraction of sp³-hybridized carbons (Fsp3) is 0.455. The van der Waals surface area contributed by atoms with Gasteiger partial charge in [-0.1, -0.05) is 0 Å². The van der Waals surface area contributed by atoms with Gasteiger partial charge in [0, 0.05) is 25.7 Å². The molecule has 0 aliphatic carbocycles. The van der Waals surface area contributed by atoms with Crippen LogP contribution in [0, 0.1) is 0 Å². The van der Waals surface area contributed by atoms with Crippen molar-refractivity contribution in [1.29, 1.82) is 0 Å². The van der Waals surface area contributed by atoms with Gasteiger partial charge in [0.1, 0.15) is 10.6 Å². The van der Waals surface area contributed by atoms with Crippen LogP contribution >= 0.6 is 0 Å². The fourth-order valence-electron chi connectivity index (χ4n) is 1.66. The van der Waals surface area contributed by atoms with Crippen LogP contribution < -0.4 is 10.5 Å². The molecule has 1 amide bonds. The van der Waals surface area contributed by atoms with Gasteiger partial charge in [0.2, 0.25) is 10.0 Å². The van der Waals surface area contributed by atoms with Gasteiger partial charge in [-0.25, -0.2) is 13.1 Å². The van der Waals surface area contributed by atoms with Crippen molar-refractivity contribution < 1.29 is 23.1 Å². The minimum atomic E-state index is -3.81. The Balaban J connectivity index is 2.86. The molecule has 20 heavy (non-hydrogen) atoms. The summed E-state index contributed by atoms with van der Waals surface area (Å²) in [6, 6.07) is 0.641. The van der Waals surface area contributed by atoms with Gasteiger partial charge in [0.15, 0.2) is 0 Å². The number of primary amides is 1. The van der Waals surface area contributed by atoms with Crippen molar-refractivity contribution in [2.24, 2.45) is 12.8 Å². The van der Waals surface area contributed by atoms with E-state index in [1.807, 2.05) is 0 Å². The first-order valence-corrected chi connectivity index (χ1v) is 7.32. The molecule has 0 aliphatic heterocycles. The first-order chi connectivity index (χ1) is 9.13. The van der Waals surface area contributed by atoms with Gasteiger partial charge < -0.3 is 15.4 Å². The van der Waals surface area contributed by atoms with E-state index in [4.69, 9.17) is 10.8 Å². The van der Waals surface area contributed by atoms with E-state index in [9.17, 15) is 18.0 Å². The number of sulfonamides is 1. The molecule has 112 valence electrons. The molecular formula is C11H17N3O5S. The van der Waals surface area contributed by atoms with Crippen LogP contribution in [0.5, 0.6) is 0 Å². The maximum atomic E-state index is 12.1. The smallest absolute Gasteiger partial charge is 0.303 e. The van der Waals surface area contributed by atoms with Gasteiger partial charge in [-0.3, -0.25) is 9.59 Å². The van der Waals surface area contributed by atoms with Crippen LogP contribution in [0.1, 0.15) is 30.3 Å². The molecule has 0 fully saturated rings. The highest BCUT2D eigenvalue weighted by Gasteiger charge is 2.21. The number of nitrogens with one attached hydrogen (secondary N) is 1. The van der Waals surface area contributed by atoms with Gasteiger partial charge in [-0.05, 0) is 19.4 Å². The zero-order chi connectivity index (χ0) is 15.5. The maximum Gasteiger partial charge on any atom is 0.303 e. The molecule has 0 spiro atoms. The Hall–Kier alpha value is -1.87. The molecule has 0 aliphatic rings. The Bertz CT molecular complexity index is 620. The molecule has 1 unspecified atom stereocenters. The topological polar surface area (TPSA) is 131 Å². The van der Waals surface area contributed by atoms with E-state index in [1.54, 1.807) is 6.92 Å². The van der Waals surface area contributed by atoms with E-state index in [0.29, 0.717) is 0 Å². The molecule has 0 aromatic carbocycles. The highest BCUT2D eigenvalue weighted by Crippen LogP contribution is 2.14. The third-order valence-electron chi connectivity index (χ3n) is 2.69. The quantitative estimate of drug-likeness (QED) is 0.634. The van der Waals surface area contributed by atoms with E-state index in [-0.39, 0.29) is 23.4 Å². The zero-order valence-electron chi connectivity index (χ0n) is 11.2. The molecule has 0 radical (unpaired) electrons. The third kappa shape index (κ3) is 4.07. The lowest BCUT2D eigenvalue weighted by Gasteiger charge is -2.12. The molecule has 8 nitrogen and oxygen atoms in total. The average Bonchev–Trinajstić information content (AvgIpc) is 2.69. The van der Waals surface area contributed by atoms with E-state index in [1.165, 1.54) is 23.9 Å². The van der Waals surface area contributed by atoms with Crippen molar-refractivity contribution >= 4 is 21.9 Å². The number of carboxylic acid groups (broad SMARTS) is 1. The lowest BCUT2D eigenvalue weighted by Crippen LogP contribution is -2.32. The standard InChI is InChI=1S/C11H17N3O5S/c1-7(3-4-10(15)16)13-20(18,19)8-5-9(11(12)17)14(2)6-8/h5-7,13H,3-4H2,1-2H3,(H2,12,17)(H,15,16). The number of carbonyl (C=O) groups excluding carboxylic acids is 1. The Morgan fingerprint density at radius 1 is 1.50 bits per heavy atom. The molecule has 1 heterocycles. The van der Waals surface area contributed by atoms with Gasteiger partial charge >= 0.3 is 5.97 Å². The first kappa shape index (κ1) is 16.2. The van der Waals surface area contributed by atoms with E-state index >= 15 is 0 Å². The molecule has 9 heteroatoms. The SMILES string of the molecule is CC(CCC(=O)O)NS(=O)(=O)c1cc(C(N)=O)n(C)c1. The molecule has 1 rings (SSSR count). The summed E-state index contributed by atoms with van der Waals surface area (Å²) in [5, 5.41) is 8.55. The Labute approximate surface area is 116 Å². The second-order valence-electron chi connectivity index (χ2n) is 4.49. The van der Waals surface area contributed by atoms with Crippen LogP contribution in [-0.2, 0) is 21.9 Å². The highest BCUT2D eigenvalue weighted by molar-refractivity contribution is 7.89. The van der Waals surface area contributed by atoms with Crippen molar-refractivity contribution in [2.75, 3.05) is 0 Å². The number of hydrogen-bond acceptors (Lipinski definition) is 4. The molecule has 1 aromatic rings. The second kappa shape index (κ2) is 6.06. The summed E-state index contributed by atoms with van der Waals surface area (Å²) in [5.41, 5.74) is 5.19. The summed E-state index contributed by atoms with van der Waals surface area (Å²) in [4.78, 5) is 21.4. The molecule has 4 N–H and O–H groups in total. The monoisotopic (exact) mass is 303 g/mol. The van der Waals surface area contributed by atoms with Crippen LogP contribution in [0.3, 0.4) is 0 Å². The maximum absolute atomic E-state index is 12.1. The van der Waals surface area contributed by atoms with Crippen molar-refractivity contribution in [3.8, 4) is 0 Å². The summed E-state index contributed by atoms with van der Waals surface area (Å²) < 4.78 is 27.8. The molecule has 1 atom stereocenters. The van der Waals surface area contributed by atoms with Crippen LogP contribution in [-0.4, -0.2) is 36.0 Å². The fourth-order valence-corrected chi connectivity index (χ4v) is 3.01. The van der Waals surface area contributed by atoms with Crippen LogP contribution in [0.4, 0.5) is 0 Å². The number of aliphatic carboxylic acids is 1. The predicted molar refractivity (Wildman–Crippen MR) is 70.6 cm³/mol. The molecule has 0 bridgehead atoms. The van der Waals surface area contributed by atoms with Gasteiger partial charge in [0.05, 0.1) is 0 Å². The van der Waals surface area contributed by atoms with E-state index in [2.05, 4.69) is 4.72 Å². The summed E-state index contributed by atoms with van der Waals surface area (Å²) in [6.45, 7) is 1.57. The Morgan fingerprint density at radius 3 is 2.55 bits per heavy atom. The summed E-state index contributed by atoms with van der Waals surface area (Å²) in [7, 11) is -2.31. The van der Waals surface area contributed by atoms with Crippen molar-refractivity contribution in [3.05, 3.63) is 18.0 Å². The van der Waals surface area contributed by atoms with Crippen molar-refractivity contribution in [2.45, 2.75) is 30.7 Å². The van der Waals surface area contributed by atoms with Gasteiger partial charge in [-0.2, -0.15) is 0 Å². The average molecular weight is 303 g/mol. The second-order valence-corrected chi connectivity index (χ2v) is 6.20. The van der Waals surface area contributed by atoms with E-state index < -0.39 is 27.9 Å². The summed E-state index contributed by atoms with van der Waals surface area (Å²) in [6.07, 6.45) is 1.31. The lowest BCUT2D eigenvalue weighted by molar-refractivity contribution is -0.137. The number of amides is 1. The number of rotatable bonds is 7. The van der Waals surface area contributed by atoms with Crippen molar-refractivity contribution in [1.82, 2.24) is 9.29 Å². The predicted octanol–water partition coefficient (Wildman–Crippen LogP) is -0.344. The molecule has 1 aromatic heterocycles. The highest BCUT2D eigenvalue weighted by atomic mass is 32.2. The molecular weight excluding hydrogens is 286 g/mol. The van der Waals surface area contributed by atoms with Crippen LogP contribution in [0.25, 0.3) is 0 Å². The Morgan fingerprint density at radius 2 is 2.10 bits per heavy atom. The van der Waals surface area contributed by atoms with E-state index in [0.717, 1.165) is 0 Å². The number of aromatic nitrogens is 1. The normalized spacial score (nSPS) is 13.1. The van der Waals surface area contributed by atoms with Crippen LogP contribution in [0.15, 0.2) is 17.2 Å². The minimum absolute atomic E-state index is 0.0727. The van der Waals surface area contributed by atoms with Crippen molar-refractivity contribution in [3.63, 3.8) is 0 Å². The summed E-state index contributed by atoms with van der Waals surface area (Å²) >= 11 is 0. The summed E-state index contributed by atoms with van der Waals surface area (Å²) in [5.74, 6) is -1.72. The number of hydrogen-bond donors (Lipinski definition) is 3. The van der Waals surface area contributed by atoms with Gasteiger partial charge in [-0.15, -0.1) is 0 Å². The number of nitrogens with zero attached hydrogens (tertiary/aromatic N) is 1. The molecule has 0 saturated carbocycles.